The van der Waals surface area contributed by atoms with E-state index in [4.69, 9.17) is 4.74 Å². The van der Waals surface area contributed by atoms with Crippen molar-refractivity contribution >= 4 is 5.97 Å². The lowest BCUT2D eigenvalue weighted by atomic mass is 9.91. The van der Waals surface area contributed by atoms with Gasteiger partial charge in [0.1, 0.15) is 23.7 Å². The molecule has 1 aliphatic rings. The normalized spacial score (nSPS) is 16.7. The van der Waals surface area contributed by atoms with E-state index in [0.29, 0.717) is 18.9 Å². The standard InChI is InChI=1S/C26H32F2N2O3/c1-33-26(31)25(13-19-9-5-2-3-6-10-19)30(17-20-11-7-4-8-12-20)18-24(29-32)21-14-22(27)16-23(28)15-21/h4,7-8,11-12,14-16,19,24-25H,2-3,5-6,9-10,13,17-18H2,1H3/t24?,25-/m0/s1. The molecule has 2 aromatic rings. The van der Waals surface area contributed by atoms with Crippen molar-refractivity contribution in [3.8, 4) is 0 Å². The van der Waals surface area contributed by atoms with E-state index in [2.05, 4.69) is 5.18 Å². The van der Waals surface area contributed by atoms with E-state index >= 15 is 0 Å². The molecule has 1 saturated carbocycles. The Bertz CT molecular complexity index is 881. The number of esters is 1. The summed E-state index contributed by atoms with van der Waals surface area (Å²) in [5.74, 6) is -1.53. The van der Waals surface area contributed by atoms with Gasteiger partial charge in [0.05, 0.1) is 7.11 Å². The Morgan fingerprint density at radius 1 is 1.06 bits per heavy atom. The van der Waals surface area contributed by atoms with Gasteiger partial charge in [-0.1, -0.05) is 74.0 Å². The summed E-state index contributed by atoms with van der Waals surface area (Å²) < 4.78 is 32.8. The van der Waals surface area contributed by atoms with Crippen molar-refractivity contribution in [1.29, 1.82) is 0 Å². The largest absolute Gasteiger partial charge is 0.468 e. The number of ether oxygens (including phenoxy) is 1. The van der Waals surface area contributed by atoms with Crippen LogP contribution in [0, 0.1) is 22.5 Å². The van der Waals surface area contributed by atoms with E-state index in [1.807, 2.05) is 35.2 Å². The van der Waals surface area contributed by atoms with Crippen molar-refractivity contribution < 1.29 is 18.3 Å². The van der Waals surface area contributed by atoms with Gasteiger partial charge in [-0.3, -0.25) is 9.69 Å². The van der Waals surface area contributed by atoms with Gasteiger partial charge in [-0.2, -0.15) is 4.91 Å². The van der Waals surface area contributed by atoms with Crippen LogP contribution in [0.15, 0.2) is 53.7 Å². The van der Waals surface area contributed by atoms with Gasteiger partial charge in [0.25, 0.3) is 0 Å². The third-order valence-corrected chi connectivity index (χ3v) is 6.48. The Balaban J connectivity index is 1.90. The second-order valence-electron chi connectivity index (χ2n) is 8.87. The Labute approximate surface area is 194 Å². The van der Waals surface area contributed by atoms with E-state index in [0.717, 1.165) is 49.4 Å². The summed E-state index contributed by atoms with van der Waals surface area (Å²) in [6, 6.07) is 11.0. The molecule has 2 aromatic carbocycles. The number of hydrogen-bond donors (Lipinski definition) is 0. The van der Waals surface area contributed by atoms with Gasteiger partial charge in [0, 0.05) is 19.2 Å². The second kappa shape index (κ2) is 12.5. The van der Waals surface area contributed by atoms with E-state index in [9.17, 15) is 18.5 Å². The fourth-order valence-corrected chi connectivity index (χ4v) is 4.75. The molecule has 0 bridgehead atoms. The van der Waals surface area contributed by atoms with E-state index in [-0.39, 0.29) is 18.1 Å². The van der Waals surface area contributed by atoms with Crippen LogP contribution in [0.5, 0.6) is 0 Å². The maximum absolute atomic E-state index is 13.8. The molecule has 0 saturated heterocycles. The van der Waals surface area contributed by atoms with E-state index in [1.54, 1.807) is 0 Å². The quantitative estimate of drug-likeness (QED) is 0.242. The van der Waals surface area contributed by atoms with Crippen molar-refractivity contribution in [1.82, 2.24) is 4.90 Å². The van der Waals surface area contributed by atoms with Crippen LogP contribution >= 0.6 is 0 Å². The third-order valence-electron chi connectivity index (χ3n) is 6.48. The van der Waals surface area contributed by atoms with Crippen LogP contribution < -0.4 is 0 Å². The fourth-order valence-electron chi connectivity index (χ4n) is 4.75. The van der Waals surface area contributed by atoms with Crippen LogP contribution in [0.25, 0.3) is 0 Å². The Morgan fingerprint density at radius 3 is 2.27 bits per heavy atom. The molecular formula is C26H32F2N2O3. The summed E-state index contributed by atoms with van der Waals surface area (Å²) in [5, 5.41) is 3.17. The van der Waals surface area contributed by atoms with E-state index in [1.165, 1.54) is 20.0 Å². The molecule has 2 atom stereocenters. The molecule has 3 rings (SSSR count). The number of methoxy groups -OCH3 is 1. The maximum atomic E-state index is 13.8. The van der Waals surface area contributed by atoms with Crippen LogP contribution in [0.3, 0.4) is 0 Å². The molecular weight excluding hydrogens is 426 g/mol. The number of nitrogens with zero attached hydrogens (tertiary/aromatic N) is 2. The molecule has 0 N–H and O–H groups in total. The van der Waals surface area contributed by atoms with Gasteiger partial charge in [-0.15, -0.1) is 0 Å². The summed E-state index contributed by atoms with van der Waals surface area (Å²) in [6.45, 7) is 0.435. The molecule has 7 heteroatoms. The number of rotatable bonds is 10. The highest BCUT2D eigenvalue weighted by atomic mass is 19.1. The SMILES string of the molecule is COC(=O)[C@H](CC1CCCCCC1)N(Cc1ccccc1)CC(N=O)c1cc(F)cc(F)c1. The lowest BCUT2D eigenvalue weighted by molar-refractivity contribution is -0.148. The topological polar surface area (TPSA) is 59.0 Å². The first-order valence-corrected chi connectivity index (χ1v) is 11.6. The van der Waals surface area contributed by atoms with Crippen LogP contribution in [0.2, 0.25) is 0 Å². The molecule has 178 valence electrons. The summed E-state index contributed by atoms with van der Waals surface area (Å²) >= 11 is 0. The van der Waals surface area contributed by atoms with Crippen molar-refractivity contribution in [3.63, 3.8) is 0 Å². The molecule has 0 aromatic heterocycles. The van der Waals surface area contributed by atoms with Gasteiger partial charge in [-0.25, -0.2) is 8.78 Å². The first-order valence-electron chi connectivity index (χ1n) is 11.6. The fraction of sp³-hybridized carbons (Fsp3) is 0.500. The van der Waals surface area contributed by atoms with E-state index < -0.39 is 23.7 Å². The van der Waals surface area contributed by atoms with Gasteiger partial charge in [0.15, 0.2) is 0 Å². The highest BCUT2D eigenvalue weighted by Crippen LogP contribution is 2.30. The summed E-state index contributed by atoms with van der Waals surface area (Å²) in [6.07, 6.45) is 7.40. The smallest absolute Gasteiger partial charge is 0.323 e. The minimum absolute atomic E-state index is 0.0494. The first kappa shape index (κ1) is 25.0. The van der Waals surface area contributed by atoms with Crippen molar-refractivity contribution in [2.45, 2.75) is 63.6 Å². The summed E-state index contributed by atoms with van der Waals surface area (Å²) in [7, 11) is 1.36. The number of carbonyl (C=O) groups is 1. The van der Waals surface area contributed by atoms with Crippen LogP contribution in [-0.4, -0.2) is 30.6 Å². The zero-order valence-corrected chi connectivity index (χ0v) is 19.1. The molecule has 1 unspecified atom stereocenters. The predicted molar refractivity (Wildman–Crippen MR) is 123 cm³/mol. The first-order chi connectivity index (χ1) is 16.0. The predicted octanol–water partition coefficient (Wildman–Crippen LogP) is 6.18. The summed E-state index contributed by atoms with van der Waals surface area (Å²) in [5.41, 5.74) is 1.11. The lowest BCUT2D eigenvalue weighted by Crippen LogP contribution is -2.44. The monoisotopic (exact) mass is 458 g/mol. The summed E-state index contributed by atoms with van der Waals surface area (Å²) in [4.78, 5) is 26.6. The molecule has 0 heterocycles. The highest BCUT2D eigenvalue weighted by Gasteiger charge is 2.32. The van der Waals surface area contributed by atoms with Gasteiger partial charge in [0.2, 0.25) is 0 Å². The molecule has 0 spiro atoms. The molecule has 1 fully saturated rings. The number of halogens is 2. The number of benzene rings is 2. The van der Waals surface area contributed by atoms with Gasteiger partial charge in [-0.05, 0) is 35.6 Å². The highest BCUT2D eigenvalue weighted by molar-refractivity contribution is 5.75. The maximum Gasteiger partial charge on any atom is 0.323 e. The van der Waals surface area contributed by atoms with Crippen LogP contribution in [0.4, 0.5) is 8.78 Å². The van der Waals surface area contributed by atoms with Gasteiger partial charge >= 0.3 is 5.97 Å². The molecule has 0 amide bonds. The molecule has 33 heavy (non-hydrogen) atoms. The van der Waals surface area contributed by atoms with Crippen molar-refractivity contribution in [3.05, 3.63) is 76.2 Å². The molecule has 1 aliphatic carbocycles. The number of nitroso groups, excluding NO2 is 1. The van der Waals surface area contributed by atoms with Crippen LogP contribution in [0.1, 0.15) is 62.1 Å². The molecule has 5 nitrogen and oxygen atoms in total. The Hall–Kier alpha value is -2.67. The van der Waals surface area contributed by atoms with Gasteiger partial charge < -0.3 is 4.74 Å². The number of carbonyl (C=O) groups excluding carboxylic acids is 1. The van der Waals surface area contributed by atoms with Crippen molar-refractivity contribution in [2.24, 2.45) is 11.1 Å². The minimum Gasteiger partial charge on any atom is -0.468 e. The van der Waals surface area contributed by atoms with Crippen LogP contribution in [-0.2, 0) is 16.1 Å². The second-order valence-corrected chi connectivity index (χ2v) is 8.87. The zero-order chi connectivity index (χ0) is 23.6. The molecule has 0 radical (unpaired) electrons. The minimum atomic E-state index is -1.03. The Morgan fingerprint density at radius 2 is 1.70 bits per heavy atom. The Kier molecular flexibility index (Phi) is 9.48. The third kappa shape index (κ3) is 7.42. The average molecular weight is 459 g/mol. The van der Waals surface area contributed by atoms with Crippen molar-refractivity contribution in [2.75, 3.05) is 13.7 Å². The lowest BCUT2D eigenvalue weighted by Gasteiger charge is -2.33. The average Bonchev–Trinajstić information content (AvgIpc) is 3.08. The zero-order valence-electron chi connectivity index (χ0n) is 19.1. The number of hydrogen-bond acceptors (Lipinski definition) is 5. The molecule has 0 aliphatic heterocycles.